The van der Waals surface area contributed by atoms with Gasteiger partial charge in [-0.25, -0.2) is 4.39 Å². The van der Waals surface area contributed by atoms with E-state index in [0.717, 1.165) is 15.7 Å². The van der Waals surface area contributed by atoms with E-state index < -0.39 is 5.82 Å². The Morgan fingerprint density at radius 3 is 2.61 bits per heavy atom. The van der Waals surface area contributed by atoms with Crippen LogP contribution in [0, 0.1) is 5.82 Å². The molecule has 0 unspecified atom stereocenters. The van der Waals surface area contributed by atoms with Gasteiger partial charge in [0.2, 0.25) is 5.91 Å². The van der Waals surface area contributed by atoms with E-state index in [1.54, 1.807) is 18.3 Å². The molecule has 0 aliphatic carbocycles. The van der Waals surface area contributed by atoms with E-state index in [1.807, 2.05) is 65.6 Å². The van der Waals surface area contributed by atoms with Crippen LogP contribution in [0.15, 0.2) is 106 Å². The first kappa shape index (κ1) is 24.0. The first-order valence-corrected chi connectivity index (χ1v) is 12.7. The molecule has 0 radical (unpaired) electrons. The fourth-order valence-electron chi connectivity index (χ4n) is 4.11. The highest BCUT2D eigenvalue weighted by Gasteiger charge is 2.41. The van der Waals surface area contributed by atoms with Crippen molar-refractivity contribution in [2.24, 2.45) is 0 Å². The van der Waals surface area contributed by atoms with Crippen molar-refractivity contribution in [3.63, 3.8) is 0 Å². The van der Waals surface area contributed by atoms with Gasteiger partial charge in [-0.3, -0.25) is 9.78 Å². The third-order valence-electron chi connectivity index (χ3n) is 5.78. The summed E-state index contributed by atoms with van der Waals surface area (Å²) in [4.78, 5) is 20.2. The molecule has 6 nitrogen and oxygen atoms in total. The number of amides is 1. The van der Waals surface area contributed by atoms with Crippen molar-refractivity contribution in [3.05, 3.63) is 108 Å². The Balaban J connectivity index is 1.36. The van der Waals surface area contributed by atoms with Gasteiger partial charge in [-0.05, 0) is 60.7 Å². The van der Waals surface area contributed by atoms with Crippen LogP contribution in [0.3, 0.4) is 0 Å². The van der Waals surface area contributed by atoms with Crippen molar-refractivity contribution in [1.82, 2.24) is 15.2 Å². The van der Waals surface area contributed by atoms with Gasteiger partial charge in [0.1, 0.15) is 17.6 Å². The SMILES string of the molecule is O=C(CCN1C(=S)N[C@@H](c2ccccn2)[C@H]1c1ccc(Sc2ccccc2)o1)Nc1ccccc1F. The van der Waals surface area contributed by atoms with Gasteiger partial charge in [-0.15, -0.1) is 0 Å². The van der Waals surface area contributed by atoms with Gasteiger partial charge in [0.05, 0.1) is 17.4 Å². The van der Waals surface area contributed by atoms with Crippen molar-refractivity contribution in [3.8, 4) is 0 Å². The van der Waals surface area contributed by atoms with Gasteiger partial charge in [-0.1, -0.05) is 48.2 Å². The minimum Gasteiger partial charge on any atom is -0.452 e. The number of nitrogens with one attached hydrogen (secondary N) is 2. The third kappa shape index (κ3) is 5.42. The summed E-state index contributed by atoms with van der Waals surface area (Å²) in [5, 5.41) is 7.24. The fraction of sp³-hybridized carbons (Fsp3) is 0.148. The molecule has 2 aromatic carbocycles. The van der Waals surface area contributed by atoms with Gasteiger partial charge in [0, 0.05) is 24.1 Å². The van der Waals surface area contributed by atoms with Crippen LogP contribution in [-0.4, -0.2) is 27.4 Å². The Hall–Kier alpha value is -3.69. The number of benzene rings is 2. The number of aromatic nitrogens is 1. The zero-order chi connectivity index (χ0) is 24.9. The third-order valence-corrected chi connectivity index (χ3v) is 7.06. The second-order valence-corrected chi connectivity index (χ2v) is 9.63. The minimum absolute atomic E-state index is 0.119. The molecule has 0 spiro atoms. The Bertz CT molecular complexity index is 1350. The van der Waals surface area contributed by atoms with E-state index in [2.05, 4.69) is 15.6 Å². The maximum Gasteiger partial charge on any atom is 0.226 e. The van der Waals surface area contributed by atoms with E-state index in [-0.39, 0.29) is 30.1 Å². The lowest BCUT2D eigenvalue weighted by atomic mass is 10.0. The topological polar surface area (TPSA) is 70.4 Å². The average Bonchev–Trinajstić information content (AvgIpc) is 3.49. The van der Waals surface area contributed by atoms with Crippen molar-refractivity contribution >= 4 is 40.7 Å². The number of carbonyl (C=O) groups excluding carboxylic acids is 1. The molecular formula is C27H23FN4O2S2. The van der Waals surface area contributed by atoms with Crippen LogP contribution in [0.2, 0.25) is 0 Å². The molecule has 1 fully saturated rings. The number of anilines is 1. The Labute approximate surface area is 217 Å². The highest BCUT2D eigenvalue weighted by Crippen LogP contribution is 2.41. The Morgan fingerprint density at radius 1 is 1.06 bits per heavy atom. The second-order valence-electron chi connectivity index (χ2n) is 8.17. The molecule has 4 aromatic rings. The standard InChI is InChI=1S/C27H23FN4O2S2/c28-19-10-4-5-11-20(19)30-23(33)15-17-32-26(25(31-27(32)35)21-12-6-7-16-29-21)22-13-14-24(34-22)36-18-8-2-1-3-9-18/h1-14,16,25-26H,15,17H2,(H,30,33)(H,31,35)/t25-,26+/m0/s1. The molecule has 0 bridgehead atoms. The molecule has 2 aromatic heterocycles. The number of para-hydroxylation sites is 1. The number of pyridine rings is 1. The summed E-state index contributed by atoms with van der Waals surface area (Å²) in [6.45, 7) is 0.321. The van der Waals surface area contributed by atoms with Crippen LogP contribution in [0.25, 0.3) is 0 Å². The van der Waals surface area contributed by atoms with E-state index in [4.69, 9.17) is 16.6 Å². The van der Waals surface area contributed by atoms with Gasteiger partial charge >= 0.3 is 0 Å². The summed E-state index contributed by atoms with van der Waals surface area (Å²) in [5.74, 6) is -0.0648. The monoisotopic (exact) mass is 518 g/mol. The molecule has 2 atom stereocenters. The van der Waals surface area contributed by atoms with Crippen LogP contribution < -0.4 is 10.6 Å². The van der Waals surface area contributed by atoms with Crippen LogP contribution in [0.5, 0.6) is 0 Å². The lowest BCUT2D eigenvalue weighted by Gasteiger charge is -2.25. The van der Waals surface area contributed by atoms with E-state index in [1.165, 1.54) is 23.9 Å². The van der Waals surface area contributed by atoms with Crippen molar-refractivity contribution in [1.29, 1.82) is 0 Å². The van der Waals surface area contributed by atoms with Crippen molar-refractivity contribution < 1.29 is 13.6 Å². The smallest absolute Gasteiger partial charge is 0.226 e. The Kier molecular flexibility index (Phi) is 7.29. The summed E-state index contributed by atoms with van der Waals surface area (Å²) in [5.41, 5.74) is 0.970. The first-order chi connectivity index (χ1) is 17.6. The largest absolute Gasteiger partial charge is 0.452 e. The molecular weight excluding hydrogens is 495 g/mol. The number of hydrogen-bond acceptors (Lipinski definition) is 5. The minimum atomic E-state index is -0.476. The predicted octanol–water partition coefficient (Wildman–Crippen LogP) is 5.97. The number of rotatable bonds is 8. The molecule has 5 rings (SSSR count). The number of carbonyl (C=O) groups is 1. The van der Waals surface area contributed by atoms with Crippen LogP contribution in [0.4, 0.5) is 10.1 Å². The summed E-state index contributed by atoms with van der Waals surface area (Å²) >= 11 is 7.19. The molecule has 3 heterocycles. The highest BCUT2D eigenvalue weighted by molar-refractivity contribution is 7.99. The number of furan rings is 1. The summed E-state index contributed by atoms with van der Waals surface area (Å²) < 4.78 is 20.2. The van der Waals surface area contributed by atoms with Gasteiger partial charge in [0.15, 0.2) is 10.2 Å². The summed E-state index contributed by atoms with van der Waals surface area (Å²) in [7, 11) is 0. The molecule has 1 aliphatic rings. The number of halogens is 1. The molecule has 0 saturated carbocycles. The normalized spacial score (nSPS) is 17.1. The Morgan fingerprint density at radius 2 is 1.83 bits per heavy atom. The first-order valence-electron chi connectivity index (χ1n) is 11.4. The maximum absolute atomic E-state index is 14.0. The highest BCUT2D eigenvalue weighted by atomic mass is 32.2. The number of nitrogens with zero attached hydrogens (tertiary/aromatic N) is 2. The molecule has 1 aliphatic heterocycles. The summed E-state index contributed by atoms with van der Waals surface area (Å²) in [6.07, 6.45) is 1.86. The molecule has 36 heavy (non-hydrogen) atoms. The van der Waals surface area contributed by atoms with E-state index >= 15 is 0 Å². The quantitative estimate of drug-likeness (QED) is 0.279. The van der Waals surface area contributed by atoms with E-state index in [0.29, 0.717) is 17.4 Å². The van der Waals surface area contributed by atoms with Crippen molar-refractivity contribution in [2.75, 3.05) is 11.9 Å². The maximum atomic E-state index is 14.0. The molecule has 182 valence electrons. The predicted molar refractivity (Wildman–Crippen MR) is 141 cm³/mol. The average molecular weight is 519 g/mol. The molecule has 9 heteroatoms. The number of thiocarbonyl (C=S) groups is 1. The molecule has 1 amide bonds. The van der Waals surface area contributed by atoms with Gasteiger partial charge in [0.25, 0.3) is 0 Å². The van der Waals surface area contributed by atoms with Crippen molar-refractivity contribution in [2.45, 2.75) is 28.5 Å². The van der Waals surface area contributed by atoms with Gasteiger partial charge in [-0.2, -0.15) is 0 Å². The van der Waals surface area contributed by atoms with Gasteiger partial charge < -0.3 is 20.0 Å². The lowest BCUT2D eigenvalue weighted by Crippen LogP contribution is -2.32. The van der Waals surface area contributed by atoms with Crippen LogP contribution >= 0.6 is 24.0 Å². The van der Waals surface area contributed by atoms with Crippen LogP contribution in [-0.2, 0) is 4.79 Å². The number of hydrogen-bond donors (Lipinski definition) is 2. The van der Waals surface area contributed by atoms with E-state index in [9.17, 15) is 9.18 Å². The summed E-state index contributed by atoms with van der Waals surface area (Å²) in [6, 6.07) is 25.1. The lowest BCUT2D eigenvalue weighted by molar-refractivity contribution is -0.116. The zero-order valence-corrected chi connectivity index (χ0v) is 20.8. The fourth-order valence-corrected chi connectivity index (χ4v) is 5.24. The second kappa shape index (κ2) is 10.9. The zero-order valence-electron chi connectivity index (χ0n) is 19.1. The molecule has 2 N–H and O–H groups in total. The van der Waals surface area contributed by atoms with Crippen LogP contribution in [0.1, 0.15) is 30.0 Å². The molecule has 1 saturated heterocycles.